The van der Waals surface area contributed by atoms with Gasteiger partial charge in [-0.1, -0.05) is 24.3 Å². The van der Waals surface area contributed by atoms with Gasteiger partial charge in [0.1, 0.15) is 3.70 Å². The first-order valence-corrected chi connectivity index (χ1v) is 6.59. The fourth-order valence-electron chi connectivity index (χ4n) is 2.34. The second kappa shape index (κ2) is 3.87. The summed E-state index contributed by atoms with van der Waals surface area (Å²) < 4.78 is 3.20. The quantitative estimate of drug-likeness (QED) is 0.776. The van der Waals surface area contributed by atoms with Crippen LogP contribution in [-0.4, -0.2) is 9.78 Å². The van der Waals surface area contributed by atoms with Crippen LogP contribution in [0.5, 0.6) is 0 Å². The van der Waals surface area contributed by atoms with Crippen LogP contribution in [0.25, 0.3) is 0 Å². The maximum Gasteiger partial charge on any atom is 0.126 e. The van der Waals surface area contributed by atoms with Crippen molar-refractivity contribution in [2.75, 3.05) is 0 Å². The Balaban J connectivity index is 1.79. The van der Waals surface area contributed by atoms with E-state index in [4.69, 9.17) is 0 Å². The zero-order valence-electron chi connectivity index (χ0n) is 9.15. The summed E-state index contributed by atoms with van der Waals surface area (Å²) in [4.78, 5) is 0. The average Bonchev–Trinajstić information content (AvgIpc) is 2.55. The molecule has 0 radical (unpaired) electrons. The summed E-state index contributed by atoms with van der Waals surface area (Å²) in [6.07, 6.45) is 3.34. The highest BCUT2D eigenvalue weighted by molar-refractivity contribution is 14.1. The van der Waals surface area contributed by atoms with E-state index in [2.05, 4.69) is 69.8 Å². The molecule has 0 saturated heterocycles. The number of hydrogen-bond donors (Lipinski definition) is 0. The van der Waals surface area contributed by atoms with Crippen LogP contribution in [0.15, 0.2) is 30.5 Å². The van der Waals surface area contributed by atoms with Crippen molar-refractivity contribution >= 4 is 22.6 Å². The zero-order chi connectivity index (χ0) is 11.1. The third-order valence-electron chi connectivity index (χ3n) is 3.25. The summed E-state index contributed by atoms with van der Waals surface area (Å²) in [6, 6.07) is 8.72. The highest BCUT2D eigenvalue weighted by Crippen LogP contribution is 2.35. The fourth-order valence-corrected chi connectivity index (χ4v) is 2.76. The minimum atomic E-state index is 0.659. The summed E-state index contributed by atoms with van der Waals surface area (Å²) in [5, 5.41) is 4.51. The Kier molecular flexibility index (Phi) is 2.50. The first kappa shape index (κ1) is 10.3. The standard InChI is InChI=1S/C13H13IN2/c1-9-7-16(15-13(9)14)8-11-6-10-4-2-3-5-12(10)11/h2-5,7,11H,6,8H2,1H3. The third-order valence-corrected chi connectivity index (χ3v) is 4.32. The fraction of sp³-hybridized carbons (Fsp3) is 0.308. The number of benzene rings is 1. The second-order valence-corrected chi connectivity index (χ2v) is 5.45. The molecular weight excluding hydrogens is 311 g/mol. The lowest BCUT2D eigenvalue weighted by Crippen LogP contribution is -2.22. The lowest BCUT2D eigenvalue weighted by Gasteiger charge is -2.29. The van der Waals surface area contributed by atoms with E-state index in [1.165, 1.54) is 23.1 Å². The van der Waals surface area contributed by atoms with Crippen LogP contribution in [0.3, 0.4) is 0 Å². The molecule has 3 rings (SSSR count). The molecule has 1 aromatic carbocycles. The molecule has 1 aromatic heterocycles. The lowest BCUT2D eigenvalue weighted by molar-refractivity contribution is 0.473. The van der Waals surface area contributed by atoms with Crippen molar-refractivity contribution in [2.24, 2.45) is 0 Å². The molecule has 2 nitrogen and oxygen atoms in total. The van der Waals surface area contributed by atoms with Gasteiger partial charge in [-0.2, -0.15) is 5.10 Å². The summed E-state index contributed by atoms with van der Waals surface area (Å²) >= 11 is 2.29. The van der Waals surface area contributed by atoms with Gasteiger partial charge in [0.05, 0.1) is 0 Å². The summed E-state index contributed by atoms with van der Waals surface area (Å²) in [5.41, 5.74) is 4.28. The maximum atomic E-state index is 4.51. The molecule has 1 atom stereocenters. The normalized spacial score (nSPS) is 18.0. The van der Waals surface area contributed by atoms with Gasteiger partial charge in [0.15, 0.2) is 0 Å². The number of nitrogens with zero attached hydrogens (tertiary/aromatic N) is 2. The molecule has 1 heterocycles. The molecule has 82 valence electrons. The van der Waals surface area contributed by atoms with Crippen LogP contribution < -0.4 is 0 Å². The van der Waals surface area contributed by atoms with Crippen LogP contribution in [0, 0.1) is 10.6 Å². The first-order valence-electron chi connectivity index (χ1n) is 5.51. The Labute approximate surface area is 109 Å². The molecule has 0 bridgehead atoms. The number of fused-ring (bicyclic) bond motifs is 1. The van der Waals surface area contributed by atoms with Crippen LogP contribution >= 0.6 is 22.6 Å². The second-order valence-electron chi connectivity index (χ2n) is 4.42. The third kappa shape index (κ3) is 1.67. The maximum absolute atomic E-state index is 4.51. The van der Waals surface area contributed by atoms with Gasteiger partial charge in [-0.15, -0.1) is 0 Å². The van der Waals surface area contributed by atoms with E-state index in [-0.39, 0.29) is 0 Å². The molecule has 16 heavy (non-hydrogen) atoms. The van der Waals surface area contributed by atoms with Crippen molar-refractivity contribution < 1.29 is 0 Å². The lowest BCUT2D eigenvalue weighted by atomic mass is 9.78. The van der Waals surface area contributed by atoms with Gasteiger partial charge in [0.2, 0.25) is 0 Å². The van der Waals surface area contributed by atoms with Crippen molar-refractivity contribution in [3.8, 4) is 0 Å². The largest absolute Gasteiger partial charge is 0.271 e. The van der Waals surface area contributed by atoms with Crippen molar-refractivity contribution in [1.82, 2.24) is 9.78 Å². The highest BCUT2D eigenvalue weighted by atomic mass is 127. The summed E-state index contributed by atoms with van der Waals surface area (Å²) in [6.45, 7) is 3.13. The predicted octanol–water partition coefficient (Wildman–Crippen LogP) is 3.14. The van der Waals surface area contributed by atoms with Crippen molar-refractivity contribution in [2.45, 2.75) is 25.8 Å². The smallest absolute Gasteiger partial charge is 0.126 e. The molecule has 0 saturated carbocycles. The Hall–Kier alpha value is -0.840. The van der Waals surface area contributed by atoms with Gasteiger partial charge in [-0.05, 0) is 47.1 Å². The van der Waals surface area contributed by atoms with E-state index in [0.29, 0.717) is 5.92 Å². The van der Waals surface area contributed by atoms with E-state index in [1.54, 1.807) is 0 Å². The van der Waals surface area contributed by atoms with Gasteiger partial charge in [-0.25, -0.2) is 0 Å². The molecule has 1 unspecified atom stereocenters. The number of hydrogen-bond acceptors (Lipinski definition) is 1. The number of aryl methyl sites for hydroxylation is 1. The van der Waals surface area contributed by atoms with E-state index in [1.807, 2.05) is 0 Å². The van der Waals surface area contributed by atoms with Crippen LogP contribution in [-0.2, 0) is 13.0 Å². The van der Waals surface area contributed by atoms with E-state index < -0.39 is 0 Å². The molecule has 1 aliphatic rings. The van der Waals surface area contributed by atoms with Gasteiger partial charge >= 0.3 is 0 Å². The van der Waals surface area contributed by atoms with Gasteiger partial charge < -0.3 is 0 Å². The minimum Gasteiger partial charge on any atom is -0.271 e. The molecular formula is C13H13IN2. The molecule has 0 N–H and O–H groups in total. The molecule has 0 fully saturated rings. The average molecular weight is 324 g/mol. The van der Waals surface area contributed by atoms with E-state index in [0.717, 1.165) is 10.2 Å². The predicted molar refractivity (Wildman–Crippen MR) is 72.6 cm³/mol. The Morgan fingerprint density at radius 2 is 2.25 bits per heavy atom. The van der Waals surface area contributed by atoms with Gasteiger partial charge in [-0.3, -0.25) is 4.68 Å². The van der Waals surface area contributed by atoms with Crippen molar-refractivity contribution in [3.05, 3.63) is 50.9 Å². The van der Waals surface area contributed by atoms with E-state index >= 15 is 0 Å². The zero-order valence-corrected chi connectivity index (χ0v) is 11.3. The monoisotopic (exact) mass is 324 g/mol. The van der Waals surface area contributed by atoms with Gasteiger partial charge in [0.25, 0.3) is 0 Å². The molecule has 0 aliphatic heterocycles. The van der Waals surface area contributed by atoms with Crippen LogP contribution in [0.2, 0.25) is 0 Å². The van der Waals surface area contributed by atoms with Gasteiger partial charge in [0, 0.05) is 24.2 Å². The first-order chi connectivity index (χ1) is 7.74. The number of rotatable bonds is 2. The topological polar surface area (TPSA) is 17.8 Å². The molecule has 0 spiro atoms. The summed E-state index contributed by atoms with van der Waals surface area (Å²) in [7, 11) is 0. The molecule has 0 amide bonds. The molecule has 3 heteroatoms. The minimum absolute atomic E-state index is 0.659. The molecule has 2 aromatic rings. The van der Waals surface area contributed by atoms with Crippen LogP contribution in [0.4, 0.5) is 0 Å². The Morgan fingerprint density at radius 1 is 1.44 bits per heavy atom. The SMILES string of the molecule is Cc1cn(CC2Cc3ccccc32)nc1I. The van der Waals surface area contributed by atoms with E-state index in [9.17, 15) is 0 Å². The highest BCUT2D eigenvalue weighted by Gasteiger charge is 2.25. The number of halogens is 1. The van der Waals surface area contributed by atoms with Crippen LogP contribution in [0.1, 0.15) is 22.6 Å². The van der Waals surface area contributed by atoms with Crippen molar-refractivity contribution in [3.63, 3.8) is 0 Å². The number of aromatic nitrogens is 2. The Bertz CT molecular complexity index is 511. The summed E-state index contributed by atoms with van der Waals surface area (Å²) in [5.74, 6) is 0.659. The molecule has 1 aliphatic carbocycles. The van der Waals surface area contributed by atoms with Crippen molar-refractivity contribution in [1.29, 1.82) is 0 Å². The Morgan fingerprint density at radius 3 is 2.94 bits per heavy atom.